The molecule has 1 aliphatic heterocycles. The molecular formula is C23H21F3N4O6. The van der Waals surface area contributed by atoms with Gasteiger partial charge in [0.2, 0.25) is 6.10 Å². The third-order valence-electron chi connectivity index (χ3n) is 5.02. The van der Waals surface area contributed by atoms with Crippen LogP contribution in [0.2, 0.25) is 0 Å². The molecule has 3 N–H and O–H groups in total. The van der Waals surface area contributed by atoms with Gasteiger partial charge in [0, 0.05) is 37.5 Å². The predicted molar refractivity (Wildman–Crippen MR) is 118 cm³/mol. The van der Waals surface area contributed by atoms with Crippen LogP contribution in [-0.2, 0) is 30.4 Å². The van der Waals surface area contributed by atoms with Crippen LogP contribution in [0.15, 0.2) is 42.5 Å². The molecule has 36 heavy (non-hydrogen) atoms. The van der Waals surface area contributed by atoms with Gasteiger partial charge in [0.25, 0.3) is 11.8 Å². The van der Waals surface area contributed by atoms with Crippen molar-refractivity contribution in [1.29, 1.82) is 5.26 Å². The van der Waals surface area contributed by atoms with E-state index < -0.39 is 42.1 Å². The monoisotopic (exact) mass is 506 g/mol. The molecule has 190 valence electrons. The lowest BCUT2D eigenvalue weighted by Gasteiger charge is -2.35. The van der Waals surface area contributed by atoms with E-state index in [-0.39, 0.29) is 31.1 Å². The zero-order chi connectivity index (χ0) is 26.5. The molecular weight excluding hydrogens is 485 g/mol. The Hall–Kier alpha value is -4.15. The number of rotatable bonds is 7. The van der Waals surface area contributed by atoms with Crippen molar-refractivity contribution in [2.24, 2.45) is 5.73 Å². The van der Waals surface area contributed by atoms with Crippen LogP contribution in [0.25, 0.3) is 0 Å². The molecule has 3 rings (SSSR count). The first kappa shape index (κ1) is 26.5. The highest BCUT2D eigenvalue weighted by atomic mass is 19.4. The molecule has 0 radical (unpaired) electrons. The Labute approximate surface area is 203 Å². The van der Waals surface area contributed by atoms with E-state index in [1.165, 1.54) is 30.3 Å². The average Bonchev–Trinajstić information content (AvgIpc) is 2.81. The number of anilines is 2. The standard InChI is InChI=1S/C23H21F3N4O6/c1-13(31)35-19(21(32)29-16-6-5-14(11-27)15(9-16)12-28)20-22(33)30(7-8-34-20)17-3-2-4-18(10-17)36-23(24,25)26/h2-6,9-10,19-20H,7-8,12,28H2,1H3,(H,29,32)/t19-,20-/m1/s1. The summed E-state index contributed by atoms with van der Waals surface area (Å²) in [6.45, 7) is 0.933. The number of hydrogen-bond acceptors (Lipinski definition) is 8. The summed E-state index contributed by atoms with van der Waals surface area (Å²) in [7, 11) is 0. The van der Waals surface area contributed by atoms with E-state index in [0.29, 0.717) is 11.1 Å². The van der Waals surface area contributed by atoms with Gasteiger partial charge in [-0.25, -0.2) is 0 Å². The summed E-state index contributed by atoms with van der Waals surface area (Å²) >= 11 is 0. The number of nitrogens with one attached hydrogen (secondary N) is 1. The van der Waals surface area contributed by atoms with Crippen molar-refractivity contribution < 1.29 is 41.8 Å². The fraction of sp³-hybridized carbons (Fsp3) is 0.304. The number of nitrogens with zero attached hydrogens (tertiary/aromatic N) is 2. The Morgan fingerprint density at radius 1 is 1.31 bits per heavy atom. The van der Waals surface area contributed by atoms with Crippen molar-refractivity contribution in [2.45, 2.75) is 32.0 Å². The Morgan fingerprint density at radius 3 is 2.69 bits per heavy atom. The first-order chi connectivity index (χ1) is 17.0. The summed E-state index contributed by atoms with van der Waals surface area (Å²) in [5.74, 6) is -3.12. The van der Waals surface area contributed by atoms with E-state index in [9.17, 15) is 27.6 Å². The van der Waals surface area contributed by atoms with E-state index in [0.717, 1.165) is 24.0 Å². The molecule has 1 fully saturated rings. The summed E-state index contributed by atoms with van der Waals surface area (Å²) in [5, 5.41) is 11.6. The minimum Gasteiger partial charge on any atom is -0.449 e. The van der Waals surface area contributed by atoms with Gasteiger partial charge in [-0.2, -0.15) is 5.26 Å². The molecule has 0 aliphatic carbocycles. The van der Waals surface area contributed by atoms with E-state index in [2.05, 4.69) is 10.1 Å². The van der Waals surface area contributed by atoms with Crippen molar-refractivity contribution in [3.05, 3.63) is 53.6 Å². The van der Waals surface area contributed by atoms with Gasteiger partial charge in [0.05, 0.1) is 18.2 Å². The minimum atomic E-state index is -4.93. The normalized spacial score (nSPS) is 16.6. The Kier molecular flexibility index (Phi) is 8.13. The molecule has 0 spiro atoms. The topological polar surface area (TPSA) is 144 Å². The Morgan fingerprint density at radius 2 is 2.06 bits per heavy atom. The highest BCUT2D eigenvalue weighted by molar-refractivity contribution is 6.04. The number of nitriles is 1. The molecule has 0 saturated carbocycles. The van der Waals surface area contributed by atoms with Gasteiger partial charge in [-0.15, -0.1) is 13.2 Å². The summed E-state index contributed by atoms with van der Waals surface area (Å²) < 4.78 is 52.3. The van der Waals surface area contributed by atoms with E-state index in [1.54, 1.807) is 0 Å². The zero-order valence-corrected chi connectivity index (χ0v) is 18.9. The maximum Gasteiger partial charge on any atom is 0.573 e. The minimum absolute atomic E-state index is 0.0241. The maximum absolute atomic E-state index is 13.2. The molecule has 1 aliphatic rings. The number of carbonyl (C=O) groups is 3. The van der Waals surface area contributed by atoms with Gasteiger partial charge in [-0.3, -0.25) is 14.4 Å². The fourth-order valence-electron chi connectivity index (χ4n) is 3.52. The van der Waals surface area contributed by atoms with Crippen LogP contribution in [0, 0.1) is 11.3 Å². The second-order valence-electron chi connectivity index (χ2n) is 7.53. The summed E-state index contributed by atoms with van der Waals surface area (Å²) in [4.78, 5) is 39.0. The van der Waals surface area contributed by atoms with Gasteiger partial charge in [0.1, 0.15) is 5.75 Å². The van der Waals surface area contributed by atoms with E-state index in [4.69, 9.17) is 20.5 Å². The van der Waals surface area contributed by atoms with Crippen molar-refractivity contribution in [3.8, 4) is 11.8 Å². The number of benzene rings is 2. The Balaban J connectivity index is 1.85. The number of esters is 1. The second-order valence-corrected chi connectivity index (χ2v) is 7.53. The van der Waals surface area contributed by atoms with Crippen LogP contribution in [0.4, 0.5) is 24.5 Å². The molecule has 2 aromatic carbocycles. The maximum atomic E-state index is 13.2. The van der Waals surface area contributed by atoms with Crippen LogP contribution in [0.3, 0.4) is 0 Å². The molecule has 0 aromatic heterocycles. The smallest absolute Gasteiger partial charge is 0.449 e. The number of carbonyl (C=O) groups excluding carboxylic acids is 3. The van der Waals surface area contributed by atoms with Crippen LogP contribution in [0.5, 0.6) is 5.75 Å². The van der Waals surface area contributed by atoms with Gasteiger partial charge in [-0.1, -0.05) is 6.07 Å². The largest absolute Gasteiger partial charge is 0.573 e. The van der Waals surface area contributed by atoms with E-state index in [1.807, 2.05) is 6.07 Å². The molecule has 2 atom stereocenters. The zero-order valence-electron chi connectivity index (χ0n) is 18.9. The van der Waals surface area contributed by atoms with Gasteiger partial charge in [-0.05, 0) is 35.9 Å². The third-order valence-corrected chi connectivity index (χ3v) is 5.02. The van der Waals surface area contributed by atoms with Gasteiger partial charge in [0.15, 0.2) is 6.10 Å². The number of amides is 2. The molecule has 1 saturated heterocycles. The van der Waals surface area contributed by atoms with Gasteiger partial charge < -0.3 is 30.2 Å². The van der Waals surface area contributed by atoms with Crippen molar-refractivity contribution in [2.75, 3.05) is 23.4 Å². The summed E-state index contributed by atoms with van der Waals surface area (Å²) in [6, 6.07) is 11.0. The summed E-state index contributed by atoms with van der Waals surface area (Å²) in [5.41, 5.74) is 6.69. The van der Waals surface area contributed by atoms with E-state index >= 15 is 0 Å². The molecule has 2 amide bonds. The highest BCUT2D eigenvalue weighted by Gasteiger charge is 2.43. The molecule has 13 heteroatoms. The highest BCUT2D eigenvalue weighted by Crippen LogP contribution is 2.29. The Bertz CT molecular complexity index is 1200. The van der Waals surface area contributed by atoms with Crippen LogP contribution >= 0.6 is 0 Å². The van der Waals surface area contributed by atoms with Crippen molar-refractivity contribution >= 4 is 29.2 Å². The quantitative estimate of drug-likeness (QED) is 0.544. The lowest BCUT2D eigenvalue weighted by molar-refractivity contribution is -0.274. The van der Waals surface area contributed by atoms with Gasteiger partial charge >= 0.3 is 12.3 Å². The molecule has 0 bridgehead atoms. The van der Waals surface area contributed by atoms with Crippen LogP contribution < -0.4 is 20.7 Å². The number of nitrogens with two attached hydrogens (primary N) is 1. The molecule has 10 nitrogen and oxygen atoms in total. The second kappa shape index (κ2) is 11.1. The lowest BCUT2D eigenvalue weighted by Crippen LogP contribution is -2.56. The molecule has 0 unspecified atom stereocenters. The first-order valence-electron chi connectivity index (χ1n) is 10.5. The van der Waals surface area contributed by atoms with Crippen molar-refractivity contribution in [1.82, 2.24) is 0 Å². The first-order valence-corrected chi connectivity index (χ1v) is 10.5. The third kappa shape index (κ3) is 6.49. The van der Waals surface area contributed by atoms with Crippen LogP contribution in [0.1, 0.15) is 18.1 Å². The predicted octanol–water partition coefficient (Wildman–Crippen LogP) is 2.22. The fourth-order valence-corrected chi connectivity index (χ4v) is 3.52. The number of morpholine rings is 1. The number of ether oxygens (including phenoxy) is 3. The molecule has 1 heterocycles. The number of halogens is 3. The van der Waals surface area contributed by atoms with Crippen LogP contribution in [-0.4, -0.2) is 49.5 Å². The average molecular weight is 506 g/mol. The van der Waals surface area contributed by atoms with Crippen molar-refractivity contribution in [3.63, 3.8) is 0 Å². The summed E-state index contributed by atoms with van der Waals surface area (Å²) in [6.07, 6.45) is -8.23. The number of hydrogen-bond donors (Lipinski definition) is 2. The number of alkyl halides is 3. The lowest BCUT2D eigenvalue weighted by atomic mass is 10.1. The molecule has 2 aromatic rings. The SMILES string of the molecule is CC(=O)O[C@@H](C(=O)Nc1ccc(C#N)c(CN)c1)[C@H]1OCCN(c2cccc(OC(F)(F)F)c2)C1=O.